The number of rotatable bonds is 3. The smallest absolute Gasteiger partial charge is 0.270 e. The third kappa shape index (κ3) is 2.98. The van der Waals surface area contributed by atoms with Gasteiger partial charge in [-0.25, -0.2) is 0 Å². The van der Waals surface area contributed by atoms with Crippen LogP contribution in [0.25, 0.3) is 0 Å². The summed E-state index contributed by atoms with van der Waals surface area (Å²) < 4.78 is 0. The molecular weight excluding hydrogens is 230 g/mol. The first-order valence-electron chi connectivity index (χ1n) is 6.42. The number of likely N-dealkylation sites (tertiary alicyclic amines) is 1. The van der Waals surface area contributed by atoms with Gasteiger partial charge in [-0.1, -0.05) is 13.0 Å². The van der Waals surface area contributed by atoms with Gasteiger partial charge in [0.1, 0.15) is 5.69 Å². The number of nitrogens with one attached hydrogen (secondary N) is 2. The first-order chi connectivity index (χ1) is 8.70. The van der Waals surface area contributed by atoms with Crippen LogP contribution in [0.15, 0.2) is 23.0 Å². The zero-order valence-corrected chi connectivity index (χ0v) is 10.6. The van der Waals surface area contributed by atoms with Gasteiger partial charge in [0.25, 0.3) is 5.91 Å². The normalized spacial score (nSPS) is 19.8. The van der Waals surface area contributed by atoms with E-state index in [1.54, 1.807) is 12.1 Å². The summed E-state index contributed by atoms with van der Waals surface area (Å²) in [5.41, 5.74) is 0.140. The molecule has 1 amide bonds. The minimum Gasteiger partial charge on any atom is -0.336 e. The Morgan fingerprint density at radius 2 is 2.39 bits per heavy atom. The highest BCUT2D eigenvalue weighted by Crippen LogP contribution is 2.12. The van der Waals surface area contributed by atoms with Gasteiger partial charge in [-0.05, 0) is 25.5 Å². The van der Waals surface area contributed by atoms with Crippen molar-refractivity contribution in [3.63, 3.8) is 0 Å². The predicted octanol–water partition coefficient (Wildman–Crippen LogP) is 0.589. The van der Waals surface area contributed by atoms with Gasteiger partial charge < -0.3 is 15.2 Å². The van der Waals surface area contributed by atoms with E-state index in [2.05, 4.69) is 17.2 Å². The van der Waals surface area contributed by atoms with Crippen LogP contribution >= 0.6 is 0 Å². The van der Waals surface area contributed by atoms with Crippen molar-refractivity contribution >= 4 is 5.91 Å². The lowest BCUT2D eigenvalue weighted by Crippen LogP contribution is -2.48. The number of pyridine rings is 1. The van der Waals surface area contributed by atoms with Crippen LogP contribution < -0.4 is 10.9 Å². The van der Waals surface area contributed by atoms with Crippen molar-refractivity contribution in [1.29, 1.82) is 0 Å². The maximum absolute atomic E-state index is 12.2. The molecule has 5 heteroatoms. The summed E-state index contributed by atoms with van der Waals surface area (Å²) in [6, 6.07) is 5.04. The van der Waals surface area contributed by atoms with E-state index >= 15 is 0 Å². The minimum atomic E-state index is -0.235. The maximum Gasteiger partial charge on any atom is 0.270 e. The molecular formula is C13H19N3O2. The van der Waals surface area contributed by atoms with Gasteiger partial charge >= 0.3 is 0 Å². The van der Waals surface area contributed by atoms with Crippen LogP contribution in [0.4, 0.5) is 0 Å². The summed E-state index contributed by atoms with van der Waals surface area (Å²) >= 11 is 0. The summed E-state index contributed by atoms with van der Waals surface area (Å²) in [6.45, 7) is 4.45. The van der Waals surface area contributed by atoms with Gasteiger partial charge in [-0.3, -0.25) is 9.59 Å². The zero-order chi connectivity index (χ0) is 13.0. The van der Waals surface area contributed by atoms with E-state index in [4.69, 9.17) is 0 Å². The molecule has 1 atom stereocenters. The molecule has 2 rings (SSSR count). The second-order valence-electron chi connectivity index (χ2n) is 4.58. The van der Waals surface area contributed by atoms with Crippen molar-refractivity contribution in [3.05, 3.63) is 34.2 Å². The molecule has 1 aromatic rings. The van der Waals surface area contributed by atoms with Crippen LogP contribution in [-0.2, 0) is 0 Å². The van der Waals surface area contributed by atoms with Gasteiger partial charge in [-0.2, -0.15) is 0 Å². The zero-order valence-electron chi connectivity index (χ0n) is 10.6. The van der Waals surface area contributed by atoms with Crippen LogP contribution in [-0.4, -0.2) is 41.5 Å². The van der Waals surface area contributed by atoms with E-state index in [0.717, 1.165) is 25.9 Å². The number of amides is 1. The third-order valence-electron chi connectivity index (χ3n) is 3.20. The molecule has 1 fully saturated rings. The average Bonchev–Trinajstić information content (AvgIpc) is 2.39. The number of hydrogen-bond acceptors (Lipinski definition) is 3. The van der Waals surface area contributed by atoms with E-state index in [1.165, 1.54) is 6.07 Å². The molecule has 2 N–H and O–H groups in total. The number of aromatic amines is 1. The summed E-state index contributed by atoms with van der Waals surface area (Å²) in [5.74, 6) is -0.0877. The highest BCUT2D eigenvalue weighted by atomic mass is 16.2. The second-order valence-corrected chi connectivity index (χ2v) is 4.58. The van der Waals surface area contributed by atoms with Crippen LogP contribution in [0.2, 0.25) is 0 Å². The lowest BCUT2D eigenvalue weighted by molar-refractivity contribution is 0.0689. The maximum atomic E-state index is 12.2. The lowest BCUT2D eigenvalue weighted by Gasteiger charge is -2.33. The van der Waals surface area contributed by atoms with Crippen molar-refractivity contribution in [2.75, 3.05) is 19.6 Å². The standard InChI is InChI=1S/C13H19N3O2/c1-2-14-10-5-4-8-16(9-10)13(18)11-6-3-7-12(17)15-11/h3,6-7,10,14H,2,4-5,8-9H2,1H3,(H,15,17). The second kappa shape index (κ2) is 5.82. The van der Waals surface area contributed by atoms with Crippen molar-refractivity contribution < 1.29 is 4.79 Å². The van der Waals surface area contributed by atoms with E-state index in [0.29, 0.717) is 18.3 Å². The molecule has 0 radical (unpaired) electrons. The molecule has 1 saturated heterocycles. The molecule has 0 spiro atoms. The summed E-state index contributed by atoms with van der Waals surface area (Å²) in [6.07, 6.45) is 2.10. The number of aromatic nitrogens is 1. The average molecular weight is 249 g/mol. The summed E-state index contributed by atoms with van der Waals surface area (Å²) in [7, 11) is 0. The van der Waals surface area contributed by atoms with E-state index in [-0.39, 0.29) is 11.5 Å². The topological polar surface area (TPSA) is 65.2 Å². The monoisotopic (exact) mass is 249 g/mol. The number of nitrogens with zero attached hydrogens (tertiary/aromatic N) is 1. The number of H-pyrrole nitrogens is 1. The molecule has 2 heterocycles. The number of likely N-dealkylation sites (N-methyl/N-ethyl adjacent to an activating group) is 1. The fourth-order valence-corrected chi connectivity index (χ4v) is 2.36. The Hall–Kier alpha value is -1.62. The number of piperidine rings is 1. The number of carbonyl (C=O) groups is 1. The molecule has 0 bridgehead atoms. The Morgan fingerprint density at radius 3 is 3.11 bits per heavy atom. The van der Waals surface area contributed by atoms with Gasteiger partial charge in [0.2, 0.25) is 5.56 Å². The highest BCUT2D eigenvalue weighted by molar-refractivity contribution is 5.92. The van der Waals surface area contributed by atoms with E-state index < -0.39 is 0 Å². The van der Waals surface area contributed by atoms with Crippen molar-refractivity contribution in [2.45, 2.75) is 25.8 Å². The van der Waals surface area contributed by atoms with Crippen molar-refractivity contribution in [1.82, 2.24) is 15.2 Å². The van der Waals surface area contributed by atoms with Gasteiger partial charge in [0, 0.05) is 25.2 Å². The first-order valence-corrected chi connectivity index (χ1v) is 6.42. The first kappa shape index (κ1) is 12.8. The predicted molar refractivity (Wildman–Crippen MR) is 69.7 cm³/mol. The number of carbonyl (C=O) groups excluding carboxylic acids is 1. The molecule has 1 aromatic heterocycles. The lowest BCUT2D eigenvalue weighted by atomic mass is 10.1. The molecule has 1 unspecified atom stereocenters. The van der Waals surface area contributed by atoms with Crippen LogP contribution in [0, 0.1) is 0 Å². The Bertz CT molecular complexity index is 467. The Labute approximate surface area is 106 Å². The molecule has 0 saturated carbocycles. The number of hydrogen-bond donors (Lipinski definition) is 2. The van der Waals surface area contributed by atoms with Crippen molar-refractivity contribution in [3.8, 4) is 0 Å². The van der Waals surface area contributed by atoms with Crippen LogP contribution in [0.3, 0.4) is 0 Å². The third-order valence-corrected chi connectivity index (χ3v) is 3.20. The van der Waals surface area contributed by atoms with Crippen LogP contribution in [0.1, 0.15) is 30.3 Å². The van der Waals surface area contributed by atoms with E-state index in [1.807, 2.05) is 4.90 Å². The Balaban J connectivity index is 2.06. The SMILES string of the molecule is CCNC1CCCN(C(=O)c2cccc(=O)[nH]2)C1. The quantitative estimate of drug-likeness (QED) is 0.824. The molecule has 5 nitrogen and oxygen atoms in total. The highest BCUT2D eigenvalue weighted by Gasteiger charge is 2.24. The fourth-order valence-electron chi connectivity index (χ4n) is 2.36. The van der Waals surface area contributed by atoms with Crippen molar-refractivity contribution in [2.24, 2.45) is 0 Å². The summed E-state index contributed by atoms with van der Waals surface area (Å²) in [5, 5.41) is 3.37. The summed E-state index contributed by atoms with van der Waals surface area (Å²) in [4.78, 5) is 27.8. The molecule has 18 heavy (non-hydrogen) atoms. The molecule has 0 aliphatic carbocycles. The van der Waals surface area contributed by atoms with Crippen LogP contribution in [0.5, 0.6) is 0 Å². The minimum absolute atomic E-state index is 0.0877. The van der Waals surface area contributed by atoms with Gasteiger partial charge in [0.05, 0.1) is 0 Å². The van der Waals surface area contributed by atoms with E-state index in [9.17, 15) is 9.59 Å². The Morgan fingerprint density at radius 1 is 1.56 bits per heavy atom. The van der Waals surface area contributed by atoms with Gasteiger partial charge in [0.15, 0.2) is 0 Å². The fraction of sp³-hybridized carbons (Fsp3) is 0.538. The van der Waals surface area contributed by atoms with Gasteiger partial charge in [-0.15, -0.1) is 0 Å². The molecule has 98 valence electrons. The molecule has 1 aliphatic rings. The Kier molecular flexibility index (Phi) is 4.15. The molecule has 0 aromatic carbocycles. The molecule has 1 aliphatic heterocycles. The largest absolute Gasteiger partial charge is 0.336 e.